The molecule has 32 heavy (non-hydrogen) atoms. The number of amides is 1. The number of aryl methyl sites for hydroxylation is 1. The van der Waals surface area contributed by atoms with Crippen molar-refractivity contribution >= 4 is 27.7 Å². The van der Waals surface area contributed by atoms with Crippen LogP contribution in [-0.4, -0.2) is 30.9 Å². The van der Waals surface area contributed by atoms with Crippen LogP contribution in [0.1, 0.15) is 29.3 Å². The molecule has 1 unspecified atom stereocenters. The first kappa shape index (κ1) is 22.6. The molecule has 0 fully saturated rings. The van der Waals surface area contributed by atoms with Crippen molar-refractivity contribution < 1.29 is 22.0 Å². The van der Waals surface area contributed by atoms with Gasteiger partial charge < -0.3 is 9.73 Å². The van der Waals surface area contributed by atoms with Crippen molar-refractivity contribution in [1.29, 1.82) is 0 Å². The number of thioether (sulfide) groups is 1. The minimum atomic E-state index is -3.95. The fraction of sp³-hybridized carbons (Fsp3) is 0.261. The van der Waals surface area contributed by atoms with E-state index in [1.165, 1.54) is 30.5 Å². The maximum Gasteiger partial charge on any atom is 0.243 e. The molecule has 1 N–H and O–H groups in total. The Bertz CT molecular complexity index is 1200. The molecule has 9 heteroatoms. The van der Waals surface area contributed by atoms with Crippen LogP contribution in [0.25, 0.3) is 0 Å². The van der Waals surface area contributed by atoms with Gasteiger partial charge in [-0.05, 0) is 61.4 Å². The molecule has 3 aromatic rings. The van der Waals surface area contributed by atoms with E-state index in [1.54, 1.807) is 42.1 Å². The van der Waals surface area contributed by atoms with Gasteiger partial charge in [-0.15, -0.1) is 11.8 Å². The monoisotopic (exact) mass is 474 g/mol. The van der Waals surface area contributed by atoms with Crippen LogP contribution in [-0.2, 0) is 21.4 Å². The van der Waals surface area contributed by atoms with E-state index in [2.05, 4.69) is 5.32 Å². The molecule has 6 nitrogen and oxygen atoms in total. The second kappa shape index (κ2) is 9.48. The van der Waals surface area contributed by atoms with E-state index in [-0.39, 0.29) is 29.8 Å². The summed E-state index contributed by atoms with van der Waals surface area (Å²) in [6, 6.07) is 14.0. The van der Waals surface area contributed by atoms with Crippen molar-refractivity contribution in [2.45, 2.75) is 35.7 Å². The van der Waals surface area contributed by atoms with E-state index < -0.39 is 15.9 Å². The van der Waals surface area contributed by atoms with Crippen molar-refractivity contribution in [3.05, 3.63) is 83.6 Å². The molecular weight excluding hydrogens is 451 g/mol. The van der Waals surface area contributed by atoms with Gasteiger partial charge in [-0.1, -0.05) is 17.7 Å². The molecule has 2 aromatic carbocycles. The molecule has 0 bridgehead atoms. The van der Waals surface area contributed by atoms with E-state index in [0.29, 0.717) is 17.7 Å². The average Bonchev–Trinajstić information content (AvgIpc) is 3.27. The van der Waals surface area contributed by atoms with Gasteiger partial charge in [0.2, 0.25) is 15.9 Å². The van der Waals surface area contributed by atoms with Gasteiger partial charge in [0, 0.05) is 10.6 Å². The Hall–Kier alpha value is -2.62. The third-order valence-electron chi connectivity index (χ3n) is 5.24. The Morgan fingerprint density at radius 1 is 1.22 bits per heavy atom. The summed E-state index contributed by atoms with van der Waals surface area (Å²) in [5.41, 5.74) is 1.65. The standard InChI is InChI=1S/C23H23FN2O4S2/c1-16-4-7-19(8-5-16)32(28,29)26(14-18-3-2-11-30-18)15-23(27)25-21-10-12-31-22-9-6-17(24)13-20(21)22/h2-9,11,13,21H,10,12,14-15H2,1H3,(H,25,27). The van der Waals surface area contributed by atoms with Crippen LogP contribution in [0, 0.1) is 12.7 Å². The second-order valence-electron chi connectivity index (χ2n) is 7.60. The van der Waals surface area contributed by atoms with Gasteiger partial charge in [0.15, 0.2) is 0 Å². The van der Waals surface area contributed by atoms with Crippen LogP contribution in [0.2, 0.25) is 0 Å². The Labute approximate surface area is 190 Å². The average molecular weight is 475 g/mol. The van der Waals surface area contributed by atoms with Gasteiger partial charge in [0.05, 0.1) is 30.3 Å². The highest BCUT2D eigenvalue weighted by molar-refractivity contribution is 7.99. The summed E-state index contributed by atoms with van der Waals surface area (Å²) in [4.78, 5) is 13.9. The quantitative estimate of drug-likeness (QED) is 0.553. The first-order valence-electron chi connectivity index (χ1n) is 10.1. The van der Waals surface area contributed by atoms with Gasteiger partial charge in [-0.25, -0.2) is 12.8 Å². The van der Waals surface area contributed by atoms with Crippen molar-refractivity contribution in [3.8, 4) is 0 Å². The maximum absolute atomic E-state index is 13.8. The van der Waals surface area contributed by atoms with E-state index in [1.807, 2.05) is 6.92 Å². The molecule has 168 valence electrons. The van der Waals surface area contributed by atoms with Gasteiger partial charge in [-0.2, -0.15) is 4.31 Å². The molecule has 0 saturated carbocycles. The Morgan fingerprint density at radius 2 is 2.00 bits per heavy atom. The summed E-state index contributed by atoms with van der Waals surface area (Å²) < 4.78 is 46.8. The normalized spacial score (nSPS) is 16.0. The highest BCUT2D eigenvalue weighted by Gasteiger charge is 2.29. The number of sulfonamides is 1. The predicted octanol–water partition coefficient (Wildman–Crippen LogP) is 4.27. The van der Waals surface area contributed by atoms with Crippen molar-refractivity contribution in [2.75, 3.05) is 12.3 Å². The minimum Gasteiger partial charge on any atom is -0.468 e. The number of nitrogens with zero attached hydrogens (tertiary/aromatic N) is 1. The van der Waals surface area contributed by atoms with Crippen LogP contribution in [0.3, 0.4) is 0 Å². The van der Waals surface area contributed by atoms with Gasteiger partial charge >= 0.3 is 0 Å². The number of hydrogen-bond donors (Lipinski definition) is 1. The Morgan fingerprint density at radius 3 is 2.72 bits per heavy atom. The lowest BCUT2D eigenvalue weighted by Gasteiger charge is -2.27. The number of furan rings is 1. The summed E-state index contributed by atoms with van der Waals surface area (Å²) in [5.74, 6) is 0.377. The second-order valence-corrected chi connectivity index (χ2v) is 10.7. The Balaban J connectivity index is 1.56. The summed E-state index contributed by atoms with van der Waals surface area (Å²) in [6.45, 7) is 1.40. The zero-order valence-corrected chi connectivity index (χ0v) is 19.1. The molecule has 1 aliphatic heterocycles. The lowest BCUT2D eigenvalue weighted by atomic mass is 10.0. The summed E-state index contributed by atoms with van der Waals surface area (Å²) in [5, 5.41) is 2.89. The molecule has 0 spiro atoms. The molecule has 1 aromatic heterocycles. The molecule has 1 amide bonds. The largest absolute Gasteiger partial charge is 0.468 e. The number of hydrogen-bond acceptors (Lipinski definition) is 5. The SMILES string of the molecule is Cc1ccc(S(=O)(=O)N(CC(=O)NC2CCSc3ccc(F)cc32)Cc2ccco2)cc1. The van der Waals surface area contributed by atoms with E-state index >= 15 is 0 Å². The molecule has 0 radical (unpaired) electrons. The van der Waals surface area contributed by atoms with Crippen LogP contribution in [0.5, 0.6) is 0 Å². The first-order chi connectivity index (χ1) is 15.3. The predicted molar refractivity (Wildman–Crippen MR) is 120 cm³/mol. The van der Waals surface area contributed by atoms with Gasteiger partial charge in [-0.3, -0.25) is 4.79 Å². The summed E-state index contributed by atoms with van der Waals surface area (Å²) in [7, 11) is -3.95. The number of fused-ring (bicyclic) bond motifs is 1. The number of rotatable bonds is 7. The zero-order chi connectivity index (χ0) is 22.7. The third-order valence-corrected chi connectivity index (χ3v) is 8.17. The van der Waals surface area contributed by atoms with E-state index in [4.69, 9.17) is 4.42 Å². The molecule has 1 aliphatic rings. The van der Waals surface area contributed by atoms with E-state index in [9.17, 15) is 17.6 Å². The fourth-order valence-corrected chi connectivity index (χ4v) is 6.05. The maximum atomic E-state index is 13.8. The van der Waals surface area contributed by atoms with Crippen LogP contribution in [0.15, 0.2) is 75.1 Å². The minimum absolute atomic E-state index is 0.0810. The summed E-state index contributed by atoms with van der Waals surface area (Å²) >= 11 is 1.61. The molecule has 4 rings (SSSR count). The molecule has 0 aliphatic carbocycles. The smallest absolute Gasteiger partial charge is 0.243 e. The third kappa shape index (κ3) is 5.06. The van der Waals surface area contributed by atoms with Crippen LogP contribution < -0.4 is 5.32 Å². The van der Waals surface area contributed by atoms with Gasteiger partial charge in [0.25, 0.3) is 0 Å². The number of carbonyl (C=O) groups is 1. The highest BCUT2D eigenvalue weighted by atomic mass is 32.2. The first-order valence-corrected chi connectivity index (χ1v) is 12.6. The fourth-order valence-electron chi connectivity index (χ4n) is 3.58. The number of benzene rings is 2. The lowest BCUT2D eigenvalue weighted by molar-refractivity contribution is -0.122. The highest BCUT2D eigenvalue weighted by Crippen LogP contribution is 2.36. The number of carbonyl (C=O) groups excluding carboxylic acids is 1. The topological polar surface area (TPSA) is 79.6 Å². The molecule has 2 heterocycles. The van der Waals surface area contributed by atoms with Crippen molar-refractivity contribution in [3.63, 3.8) is 0 Å². The zero-order valence-electron chi connectivity index (χ0n) is 17.5. The lowest BCUT2D eigenvalue weighted by Crippen LogP contribution is -2.42. The van der Waals surface area contributed by atoms with Gasteiger partial charge in [0.1, 0.15) is 11.6 Å². The molecule has 0 saturated heterocycles. The van der Waals surface area contributed by atoms with E-state index in [0.717, 1.165) is 20.5 Å². The summed E-state index contributed by atoms with van der Waals surface area (Å²) in [6.07, 6.45) is 2.09. The van der Waals surface area contributed by atoms with Crippen molar-refractivity contribution in [1.82, 2.24) is 9.62 Å². The van der Waals surface area contributed by atoms with Crippen LogP contribution >= 0.6 is 11.8 Å². The van der Waals surface area contributed by atoms with Crippen molar-refractivity contribution in [2.24, 2.45) is 0 Å². The number of nitrogens with one attached hydrogen (secondary N) is 1. The molecular formula is C23H23FN2O4S2. The van der Waals surface area contributed by atoms with Crippen LogP contribution in [0.4, 0.5) is 4.39 Å². The number of halogens is 1. The Kier molecular flexibility index (Phi) is 6.68. The molecule has 1 atom stereocenters.